The molecule has 1 saturated heterocycles. The van der Waals surface area contributed by atoms with Gasteiger partial charge in [-0.05, 0) is 43.4 Å². The Balaban J connectivity index is 1.60. The maximum atomic E-state index is 3.62. The molecule has 132 valence electrons. The van der Waals surface area contributed by atoms with E-state index >= 15 is 0 Å². The van der Waals surface area contributed by atoms with Crippen LogP contribution >= 0.6 is 43.6 Å². The van der Waals surface area contributed by atoms with E-state index in [1.165, 1.54) is 47.3 Å². The minimum absolute atomic E-state index is 1.02. The Morgan fingerprint density at radius 2 is 1.40 bits per heavy atom. The summed E-state index contributed by atoms with van der Waals surface area (Å²) in [5, 5.41) is 0. The Hall–Kier alpha value is -0.530. The number of halogens is 2. The van der Waals surface area contributed by atoms with Gasteiger partial charge in [-0.1, -0.05) is 43.6 Å². The molecular weight excluding hydrogens is 462 g/mol. The highest BCUT2D eigenvalue weighted by Crippen LogP contribution is 2.49. The van der Waals surface area contributed by atoms with Crippen molar-refractivity contribution in [3.63, 3.8) is 0 Å². The second kappa shape index (κ2) is 7.61. The van der Waals surface area contributed by atoms with Crippen LogP contribution in [0.2, 0.25) is 0 Å². The molecule has 0 atom stereocenters. The Morgan fingerprint density at radius 1 is 0.840 bits per heavy atom. The molecular formula is C19H21Br2N3S. The predicted octanol–water partition coefficient (Wildman–Crippen LogP) is 5.06. The molecule has 2 heterocycles. The van der Waals surface area contributed by atoms with Gasteiger partial charge in [0.15, 0.2) is 0 Å². The van der Waals surface area contributed by atoms with Crippen molar-refractivity contribution in [1.29, 1.82) is 0 Å². The molecule has 0 N–H and O–H groups in total. The average Bonchev–Trinajstić information content (AvgIpc) is 2.59. The summed E-state index contributed by atoms with van der Waals surface area (Å²) in [7, 11) is 2.21. The van der Waals surface area contributed by atoms with Crippen molar-refractivity contribution in [2.75, 3.05) is 51.2 Å². The first-order valence-corrected chi connectivity index (χ1v) is 11.0. The molecule has 3 nitrogen and oxygen atoms in total. The van der Waals surface area contributed by atoms with Crippen molar-refractivity contribution in [3.8, 4) is 0 Å². The number of nitrogens with zero attached hydrogens (tertiary/aromatic N) is 3. The molecule has 2 aliphatic heterocycles. The highest BCUT2D eigenvalue weighted by atomic mass is 79.9. The summed E-state index contributed by atoms with van der Waals surface area (Å²) in [6.45, 7) is 6.79. The monoisotopic (exact) mass is 481 g/mol. The molecule has 2 aromatic rings. The molecule has 0 radical (unpaired) electrons. The summed E-state index contributed by atoms with van der Waals surface area (Å²) in [5.74, 6) is 0. The van der Waals surface area contributed by atoms with E-state index < -0.39 is 0 Å². The van der Waals surface area contributed by atoms with E-state index in [0.717, 1.165) is 22.0 Å². The predicted molar refractivity (Wildman–Crippen MR) is 113 cm³/mol. The van der Waals surface area contributed by atoms with Crippen molar-refractivity contribution < 1.29 is 0 Å². The Kier molecular flexibility index (Phi) is 5.43. The van der Waals surface area contributed by atoms with Crippen LogP contribution in [0.3, 0.4) is 0 Å². The Bertz CT molecular complexity index is 724. The number of piperazine rings is 1. The normalized spacial score (nSPS) is 18.1. The van der Waals surface area contributed by atoms with Gasteiger partial charge in [0.1, 0.15) is 0 Å². The van der Waals surface area contributed by atoms with Crippen molar-refractivity contribution in [1.82, 2.24) is 9.80 Å². The van der Waals surface area contributed by atoms with Gasteiger partial charge in [-0.3, -0.25) is 4.90 Å². The van der Waals surface area contributed by atoms with Crippen LogP contribution in [0.15, 0.2) is 55.1 Å². The van der Waals surface area contributed by atoms with Gasteiger partial charge in [-0.15, -0.1) is 0 Å². The van der Waals surface area contributed by atoms with E-state index in [1.54, 1.807) is 0 Å². The van der Waals surface area contributed by atoms with E-state index in [1.807, 2.05) is 11.8 Å². The highest BCUT2D eigenvalue weighted by molar-refractivity contribution is 9.10. The van der Waals surface area contributed by atoms with Crippen LogP contribution < -0.4 is 4.90 Å². The van der Waals surface area contributed by atoms with Gasteiger partial charge >= 0.3 is 0 Å². The standard InChI is InChI=1S/C19H21Br2N3S/c1-22-6-8-23(9-7-22)10-11-24-16-4-2-14(20)12-18(16)25-19-13-15(21)3-5-17(19)24/h2-5,12-13H,6-11H2,1H3. The summed E-state index contributed by atoms with van der Waals surface area (Å²) in [6.07, 6.45) is 0. The van der Waals surface area contributed by atoms with E-state index in [-0.39, 0.29) is 0 Å². The molecule has 0 spiro atoms. The van der Waals surface area contributed by atoms with Crippen LogP contribution in [0, 0.1) is 0 Å². The average molecular weight is 483 g/mol. The number of hydrogen-bond acceptors (Lipinski definition) is 4. The lowest BCUT2D eigenvalue weighted by atomic mass is 10.2. The summed E-state index contributed by atoms with van der Waals surface area (Å²) in [4.78, 5) is 10.1. The van der Waals surface area contributed by atoms with E-state index in [4.69, 9.17) is 0 Å². The number of fused-ring (bicyclic) bond motifs is 2. The third-order valence-electron chi connectivity index (χ3n) is 4.88. The van der Waals surface area contributed by atoms with E-state index in [9.17, 15) is 0 Å². The van der Waals surface area contributed by atoms with Gasteiger partial charge in [0, 0.05) is 58.0 Å². The van der Waals surface area contributed by atoms with Crippen molar-refractivity contribution in [2.45, 2.75) is 9.79 Å². The lowest BCUT2D eigenvalue weighted by Gasteiger charge is -2.37. The minimum Gasteiger partial charge on any atom is -0.338 e. The minimum atomic E-state index is 1.02. The van der Waals surface area contributed by atoms with Crippen molar-refractivity contribution in [3.05, 3.63) is 45.3 Å². The fourth-order valence-electron chi connectivity index (χ4n) is 3.39. The van der Waals surface area contributed by atoms with Gasteiger partial charge in [0.25, 0.3) is 0 Å². The molecule has 6 heteroatoms. The molecule has 0 amide bonds. The van der Waals surface area contributed by atoms with Crippen molar-refractivity contribution >= 4 is 55.0 Å². The Morgan fingerprint density at radius 3 is 1.96 bits per heavy atom. The van der Waals surface area contributed by atoms with Gasteiger partial charge in [0.2, 0.25) is 0 Å². The van der Waals surface area contributed by atoms with Gasteiger partial charge < -0.3 is 9.80 Å². The highest BCUT2D eigenvalue weighted by Gasteiger charge is 2.24. The smallest absolute Gasteiger partial charge is 0.0554 e. The third-order valence-corrected chi connectivity index (χ3v) is 6.96. The molecule has 25 heavy (non-hydrogen) atoms. The van der Waals surface area contributed by atoms with Crippen LogP contribution in [-0.2, 0) is 0 Å². The Labute approximate surface area is 170 Å². The second-order valence-corrected chi connectivity index (χ2v) is 9.54. The maximum Gasteiger partial charge on any atom is 0.0554 e. The molecule has 1 fully saturated rings. The third kappa shape index (κ3) is 3.93. The zero-order valence-corrected chi connectivity index (χ0v) is 18.2. The summed E-state index contributed by atoms with van der Waals surface area (Å²) in [6, 6.07) is 13.2. The quantitative estimate of drug-likeness (QED) is 0.604. The first-order chi connectivity index (χ1) is 12.1. The van der Waals surface area contributed by atoms with Gasteiger partial charge in [-0.25, -0.2) is 0 Å². The van der Waals surface area contributed by atoms with E-state index in [0.29, 0.717) is 0 Å². The molecule has 0 aromatic heterocycles. The van der Waals surface area contributed by atoms with Crippen LogP contribution in [0.5, 0.6) is 0 Å². The summed E-state index contributed by atoms with van der Waals surface area (Å²) in [5.41, 5.74) is 2.63. The first-order valence-electron chi connectivity index (χ1n) is 8.55. The zero-order valence-electron chi connectivity index (χ0n) is 14.2. The van der Waals surface area contributed by atoms with Crippen LogP contribution in [0.25, 0.3) is 0 Å². The number of rotatable bonds is 3. The molecule has 0 aliphatic carbocycles. The fourth-order valence-corrected chi connectivity index (χ4v) is 5.59. The van der Waals surface area contributed by atoms with Gasteiger partial charge in [0.05, 0.1) is 11.4 Å². The summed E-state index contributed by atoms with van der Waals surface area (Å²) >= 11 is 9.09. The lowest BCUT2D eigenvalue weighted by Crippen LogP contribution is -2.46. The number of likely N-dealkylation sites (N-methyl/N-ethyl adjacent to an activating group) is 1. The topological polar surface area (TPSA) is 9.72 Å². The number of benzene rings is 2. The molecule has 4 rings (SSSR count). The SMILES string of the molecule is CN1CCN(CCN2c3ccc(Br)cc3Sc3cc(Br)ccc32)CC1. The summed E-state index contributed by atoms with van der Waals surface area (Å²) < 4.78 is 2.27. The fraction of sp³-hybridized carbons (Fsp3) is 0.368. The molecule has 0 saturated carbocycles. The first kappa shape index (κ1) is 17.9. The number of hydrogen-bond donors (Lipinski definition) is 0. The lowest BCUT2D eigenvalue weighted by molar-refractivity contribution is 0.157. The largest absolute Gasteiger partial charge is 0.338 e. The van der Waals surface area contributed by atoms with Crippen LogP contribution in [0.4, 0.5) is 11.4 Å². The second-order valence-electron chi connectivity index (χ2n) is 6.62. The molecule has 2 aromatic carbocycles. The molecule has 0 bridgehead atoms. The maximum absolute atomic E-state index is 3.62. The van der Waals surface area contributed by atoms with Crippen LogP contribution in [-0.4, -0.2) is 56.1 Å². The molecule has 2 aliphatic rings. The van der Waals surface area contributed by atoms with Gasteiger partial charge in [-0.2, -0.15) is 0 Å². The molecule has 0 unspecified atom stereocenters. The van der Waals surface area contributed by atoms with E-state index in [2.05, 4.69) is 90.0 Å². The zero-order chi connectivity index (χ0) is 17.4. The van der Waals surface area contributed by atoms with Crippen LogP contribution in [0.1, 0.15) is 0 Å². The number of anilines is 2. The van der Waals surface area contributed by atoms with Crippen molar-refractivity contribution in [2.24, 2.45) is 0 Å².